The van der Waals surface area contributed by atoms with Gasteiger partial charge in [-0.25, -0.2) is 0 Å². The van der Waals surface area contributed by atoms with Crippen LogP contribution in [0.2, 0.25) is 0 Å². The lowest BCUT2D eigenvalue weighted by Crippen LogP contribution is -2.43. The second-order valence-electron chi connectivity index (χ2n) is 4.52. The molecule has 1 saturated heterocycles. The molecule has 0 atom stereocenters. The van der Waals surface area contributed by atoms with Crippen molar-refractivity contribution < 1.29 is 4.74 Å². The van der Waals surface area contributed by atoms with Crippen molar-refractivity contribution in [3.05, 3.63) is 0 Å². The summed E-state index contributed by atoms with van der Waals surface area (Å²) in [4.78, 5) is 0. The van der Waals surface area contributed by atoms with Crippen LogP contribution in [0.1, 0.15) is 39.5 Å². The first-order chi connectivity index (χ1) is 6.79. The zero-order valence-corrected chi connectivity index (χ0v) is 9.94. The Bertz CT molecular complexity index is 143. The fraction of sp³-hybridized carbons (Fsp3) is 1.00. The third kappa shape index (κ3) is 2.48. The average molecular weight is 199 g/mol. The highest BCUT2D eigenvalue weighted by molar-refractivity contribution is 4.88. The Kier molecular flexibility index (Phi) is 4.90. The molecule has 0 unspecified atom stereocenters. The molecule has 14 heavy (non-hydrogen) atoms. The van der Waals surface area contributed by atoms with E-state index in [0.29, 0.717) is 5.41 Å². The third-order valence-corrected chi connectivity index (χ3v) is 3.87. The Morgan fingerprint density at radius 2 is 1.79 bits per heavy atom. The van der Waals surface area contributed by atoms with Gasteiger partial charge >= 0.3 is 0 Å². The summed E-state index contributed by atoms with van der Waals surface area (Å²) < 4.78 is 5.48. The fourth-order valence-electron chi connectivity index (χ4n) is 3.01. The van der Waals surface area contributed by atoms with Gasteiger partial charge in [-0.15, -0.1) is 0 Å². The highest BCUT2D eigenvalue weighted by Gasteiger charge is 2.37. The first-order valence-corrected chi connectivity index (χ1v) is 6.01. The van der Waals surface area contributed by atoms with Crippen LogP contribution in [-0.2, 0) is 4.74 Å². The molecule has 0 aromatic heterocycles. The van der Waals surface area contributed by atoms with E-state index in [-0.39, 0.29) is 0 Å². The Hall–Kier alpha value is -0.0800. The summed E-state index contributed by atoms with van der Waals surface area (Å²) in [5.41, 5.74) is 0.510. The minimum absolute atomic E-state index is 0.510. The molecule has 0 saturated carbocycles. The lowest BCUT2D eigenvalue weighted by molar-refractivity contribution is -0.0195. The smallest absolute Gasteiger partial charge is 0.0471 e. The summed E-state index contributed by atoms with van der Waals surface area (Å²) in [5.74, 6) is 0.860. The van der Waals surface area contributed by atoms with E-state index >= 15 is 0 Å². The zero-order valence-electron chi connectivity index (χ0n) is 9.94. The molecule has 0 bridgehead atoms. The van der Waals surface area contributed by atoms with Gasteiger partial charge in [0.15, 0.2) is 0 Å². The minimum atomic E-state index is 0.510. The van der Waals surface area contributed by atoms with E-state index in [1.807, 2.05) is 0 Å². The van der Waals surface area contributed by atoms with Gasteiger partial charge in [0, 0.05) is 19.8 Å². The maximum absolute atomic E-state index is 5.48. The topological polar surface area (TPSA) is 21.3 Å². The number of rotatable bonds is 5. The van der Waals surface area contributed by atoms with Crippen LogP contribution in [0.15, 0.2) is 0 Å². The highest BCUT2D eigenvalue weighted by Crippen LogP contribution is 2.41. The van der Waals surface area contributed by atoms with E-state index in [9.17, 15) is 0 Å². The van der Waals surface area contributed by atoms with E-state index in [0.717, 1.165) is 25.7 Å². The van der Waals surface area contributed by atoms with Crippen LogP contribution in [0.3, 0.4) is 0 Å². The van der Waals surface area contributed by atoms with Crippen molar-refractivity contribution in [2.45, 2.75) is 39.5 Å². The third-order valence-electron chi connectivity index (χ3n) is 3.87. The lowest BCUT2D eigenvalue weighted by Gasteiger charge is -2.43. The van der Waals surface area contributed by atoms with Gasteiger partial charge in [-0.05, 0) is 31.2 Å². The van der Waals surface area contributed by atoms with Crippen LogP contribution < -0.4 is 5.32 Å². The molecule has 84 valence electrons. The van der Waals surface area contributed by atoms with Crippen LogP contribution in [0.4, 0.5) is 0 Å². The molecule has 1 heterocycles. The molecule has 1 rings (SSSR count). The van der Waals surface area contributed by atoms with Crippen molar-refractivity contribution in [3.63, 3.8) is 0 Å². The van der Waals surface area contributed by atoms with Gasteiger partial charge in [0.05, 0.1) is 0 Å². The maximum Gasteiger partial charge on any atom is 0.0471 e. The molecule has 0 aliphatic carbocycles. The SMILES string of the molecule is CCC(CC)C1(CNC)CCOCC1. The van der Waals surface area contributed by atoms with Crippen molar-refractivity contribution in [1.29, 1.82) is 0 Å². The summed E-state index contributed by atoms with van der Waals surface area (Å²) in [6, 6.07) is 0. The highest BCUT2D eigenvalue weighted by atomic mass is 16.5. The van der Waals surface area contributed by atoms with Crippen molar-refractivity contribution >= 4 is 0 Å². The number of nitrogens with one attached hydrogen (secondary N) is 1. The zero-order chi connectivity index (χ0) is 10.4. The second-order valence-corrected chi connectivity index (χ2v) is 4.52. The van der Waals surface area contributed by atoms with E-state index in [4.69, 9.17) is 4.74 Å². The van der Waals surface area contributed by atoms with Crippen LogP contribution in [0.25, 0.3) is 0 Å². The average Bonchev–Trinajstić information content (AvgIpc) is 2.21. The molecule has 1 aliphatic heterocycles. The number of hydrogen-bond donors (Lipinski definition) is 1. The Balaban J connectivity index is 2.67. The summed E-state index contributed by atoms with van der Waals surface area (Å²) in [6.45, 7) is 7.71. The molecule has 1 aliphatic rings. The normalized spacial score (nSPS) is 21.4. The van der Waals surface area contributed by atoms with Crippen LogP contribution >= 0.6 is 0 Å². The molecular weight excluding hydrogens is 174 g/mol. The molecule has 0 aromatic carbocycles. The maximum atomic E-state index is 5.48. The minimum Gasteiger partial charge on any atom is -0.381 e. The molecule has 2 heteroatoms. The number of hydrogen-bond acceptors (Lipinski definition) is 2. The van der Waals surface area contributed by atoms with Crippen LogP contribution in [0, 0.1) is 11.3 Å². The van der Waals surface area contributed by atoms with Crippen molar-refractivity contribution in [1.82, 2.24) is 5.32 Å². The first kappa shape index (κ1) is 12.0. The Labute approximate surface area is 88.4 Å². The summed E-state index contributed by atoms with van der Waals surface area (Å²) in [7, 11) is 2.07. The summed E-state index contributed by atoms with van der Waals surface area (Å²) >= 11 is 0. The number of ether oxygens (including phenoxy) is 1. The van der Waals surface area contributed by atoms with Gasteiger partial charge < -0.3 is 10.1 Å². The summed E-state index contributed by atoms with van der Waals surface area (Å²) in [5, 5.41) is 3.37. The van der Waals surface area contributed by atoms with E-state index in [2.05, 4.69) is 26.2 Å². The standard InChI is InChI=1S/C12H25NO/c1-4-11(5-2)12(10-13-3)6-8-14-9-7-12/h11,13H,4-10H2,1-3H3. The second kappa shape index (κ2) is 5.72. The van der Waals surface area contributed by atoms with Gasteiger partial charge in [-0.2, -0.15) is 0 Å². The van der Waals surface area contributed by atoms with Gasteiger partial charge in [0.25, 0.3) is 0 Å². The molecule has 2 nitrogen and oxygen atoms in total. The first-order valence-electron chi connectivity index (χ1n) is 6.01. The lowest BCUT2D eigenvalue weighted by atomic mass is 9.67. The monoisotopic (exact) mass is 199 g/mol. The quantitative estimate of drug-likeness (QED) is 0.734. The molecule has 0 amide bonds. The van der Waals surface area contributed by atoms with Crippen LogP contribution in [0.5, 0.6) is 0 Å². The van der Waals surface area contributed by atoms with Gasteiger partial charge in [-0.1, -0.05) is 26.7 Å². The Morgan fingerprint density at radius 1 is 1.21 bits per heavy atom. The summed E-state index contributed by atoms with van der Waals surface area (Å²) in [6.07, 6.45) is 5.08. The van der Waals surface area contributed by atoms with E-state index in [1.165, 1.54) is 25.7 Å². The largest absolute Gasteiger partial charge is 0.381 e. The molecule has 0 spiro atoms. The predicted octanol–water partition coefficient (Wildman–Crippen LogP) is 2.44. The fourth-order valence-corrected chi connectivity index (χ4v) is 3.01. The molecule has 0 aromatic rings. The van der Waals surface area contributed by atoms with Crippen molar-refractivity contribution in [3.8, 4) is 0 Å². The van der Waals surface area contributed by atoms with Crippen LogP contribution in [-0.4, -0.2) is 26.8 Å². The van der Waals surface area contributed by atoms with Crippen molar-refractivity contribution in [2.24, 2.45) is 11.3 Å². The van der Waals surface area contributed by atoms with Crippen molar-refractivity contribution in [2.75, 3.05) is 26.8 Å². The van der Waals surface area contributed by atoms with E-state index in [1.54, 1.807) is 0 Å². The van der Waals surface area contributed by atoms with Gasteiger partial charge in [0.1, 0.15) is 0 Å². The predicted molar refractivity (Wildman–Crippen MR) is 60.5 cm³/mol. The molecule has 0 radical (unpaired) electrons. The van der Waals surface area contributed by atoms with Gasteiger partial charge in [-0.3, -0.25) is 0 Å². The molecular formula is C12H25NO. The Morgan fingerprint density at radius 3 is 2.21 bits per heavy atom. The van der Waals surface area contributed by atoms with Gasteiger partial charge in [0.2, 0.25) is 0 Å². The molecule has 1 N–H and O–H groups in total. The van der Waals surface area contributed by atoms with E-state index < -0.39 is 0 Å². The molecule has 1 fully saturated rings.